The first-order valence-corrected chi connectivity index (χ1v) is 9.48. The fourth-order valence-corrected chi connectivity index (χ4v) is 3.51. The minimum absolute atomic E-state index is 0.0738. The molecule has 3 nitrogen and oxygen atoms in total. The minimum Gasteiger partial charge on any atom is -0.321 e. The number of aryl methyl sites for hydroxylation is 2. The maximum absolute atomic E-state index is 12.8. The van der Waals surface area contributed by atoms with Crippen LogP contribution in [-0.4, -0.2) is 5.91 Å². The van der Waals surface area contributed by atoms with Crippen molar-refractivity contribution >= 4 is 39.2 Å². The normalized spacial score (nSPS) is 11.4. The van der Waals surface area contributed by atoms with Gasteiger partial charge in [0.05, 0.1) is 0 Å². The number of hydrogen-bond acceptors (Lipinski definition) is 2. The van der Waals surface area contributed by atoms with Crippen LogP contribution in [0.1, 0.15) is 16.7 Å². The van der Waals surface area contributed by atoms with Crippen molar-refractivity contribution in [1.29, 1.82) is 5.26 Å². The lowest BCUT2D eigenvalue weighted by Crippen LogP contribution is -2.13. The molecule has 0 aliphatic carbocycles. The lowest BCUT2D eigenvalue weighted by molar-refractivity contribution is -0.112. The molecule has 0 saturated heterocycles. The van der Waals surface area contributed by atoms with E-state index in [2.05, 4.69) is 17.5 Å². The number of carbonyl (C=O) groups is 1. The number of nitriles is 1. The first kappa shape index (κ1) is 18.5. The summed E-state index contributed by atoms with van der Waals surface area (Å²) in [5.41, 5.74) is 3.88. The largest absolute Gasteiger partial charge is 0.321 e. The third-order valence-electron chi connectivity index (χ3n) is 5.23. The van der Waals surface area contributed by atoms with Crippen molar-refractivity contribution in [3.05, 3.63) is 95.1 Å². The molecule has 4 rings (SSSR count). The Balaban J connectivity index is 1.82. The van der Waals surface area contributed by atoms with Crippen LogP contribution in [0.3, 0.4) is 0 Å². The molecule has 0 heterocycles. The third-order valence-corrected chi connectivity index (χ3v) is 5.23. The second-order valence-electron chi connectivity index (χ2n) is 7.16. The number of hydrogen-bond donors (Lipinski definition) is 1. The monoisotopic (exact) mass is 376 g/mol. The molecule has 0 aliphatic rings. The Hall–Kier alpha value is -3.90. The van der Waals surface area contributed by atoms with Gasteiger partial charge in [0.25, 0.3) is 5.91 Å². The van der Waals surface area contributed by atoms with E-state index in [9.17, 15) is 10.1 Å². The van der Waals surface area contributed by atoms with E-state index in [1.807, 2.05) is 80.6 Å². The molecule has 0 atom stereocenters. The summed E-state index contributed by atoms with van der Waals surface area (Å²) in [5, 5.41) is 16.7. The van der Waals surface area contributed by atoms with Gasteiger partial charge in [-0.1, -0.05) is 54.6 Å². The van der Waals surface area contributed by atoms with Gasteiger partial charge >= 0.3 is 0 Å². The van der Waals surface area contributed by atoms with E-state index in [1.165, 1.54) is 0 Å². The average Bonchev–Trinajstić information content (AvgIpc) is 2.73. The van der Waals surface area contributed by atoms with Gasteiger partial charge < -0.3 is 5.32 Å². The van der Waals surface area contributed by atoms with Crippen LogP contribution in [0, 0.1) is 25.2 Å². The zero-order valence-corrected chi connectivity index (χ0v) is 16.4. The molecular weight excluding hydrogens is 356 g/mol. The van der Waals surface area contributed by atoms with Gasteiger partial charge in [0, 0.05) is 5.69 Å². The van der Waals surface area contributed by atoms with E-state index in [0.29, 0.717) is 5.69 Å². The average molecular weight is 376 g/mol. The van der Waals surface area contributed by atoms with Gasteiger partial charge in [0.15, 0.2) is 0 Å². The summed E-state index contributed by atoms with van der Waals surface area (Å²) in [5.74, 6) is -0.409. The second-order valence-corrected chi connectivity index (χ2v) is 7.16. The Morgan fingerprint density at radius 2 is 1.48 bits per heavy atom. The molecule has 0 radical (unpaired) electrons. The lowest BCUT2D eigenvalue weighted by atomic mass is 9.95. The Labute approximate surface area is 169 Å². The molecule has 29 heavy (non-hydrogen) atoms. The van der Waals surface area contributed by atoms with Crippen molar-refractivity contribution in [3.63, 3.8) is 0 Å². The number of benzene rings is 4. The fraction of sp³-hybridized carbons (Fsp3) is 0.0769. The highest BCUT2D eigenvalue weighted by Gasteiger charge is 2.13. The van der Waals surface area contributed by atoms with Crippen LogP contribution in [-0.2, 0) is 4.79 Å². The summed E-state index contributed by atoms with van der Waals surface area (Å²) >= 11 is 0. The quantitative estimate of drug-likeness (QED) is 0.265. The van der Waals surface area contributed by atoms with Gasteiger partial charge in [-0.05, 0) is 76.4 Å². The summed E-state index contributed by atoms with van der Waals surface area (Å²) in [6, 6.07) is 26.0. The van der Waals surface area contributed by atoms with E-state index in [4.69, 9.17) is 0 Å². The molecule has 0 spiro atoms. The highest BCUT2D eigenvalue weighted by Crippen LogP contribution is 2.30. The van der Waals surface area contributed by atoms with Crippen molar-refractivity contribution in [3.8, 4) is 6.07 Å². The first-order valence-electron chi connectivity index (χ1n) is 9.48. The molecule has 3 heteroatoms. The van der Waals surface area contributed by atoms with Crippen LogP contribution >= 0.6 is 0 Å². The fourth-order valence-electron chi connectivity index (χ4n) is 3.51. The number of rotatable bonds is 3. The van der Waals surface area contributed by atoms with Crippen molar-refractivity contribution in [1.82, 2.24) is 0 Å². The van der Waals surface area contributed by atoms with E-state index >= 15 is 0 Å². The number of fused-ring (bicyclic) bond motifs is 2. The molecule has 140 valence electrons. The topological polar surface area (TPSA) is 52.9 Å². The van der Waals surface area contributed by atoms with Gasteiger partial charge in [-0.3, -0.25) is 4.79 Å². The summed E-state index contributed by atoms with van der Waals surface area (Å²) in [4.78, 5) is 12.8. The van der Waals surface area contributed by atoms with Crippen molar-refractivity contribution < 1.29 is 4.79 Å². The van der Waals surface area contributed by atoms with Crippen molar-refractivity contribution in [2.45, 2.75) is 13.8 Å². The number of anilines is 1. The summed E-state index contributed by atoms with van der Waals surface area (Å²) in [6.45, 7) is 4.02. The van der Waals surface area contributed by atoms with Gasteiger partial charge in [-0.2, -0.15) is 5.26 Å². The summed E-state index contributed by atoms with van der Waals surface area (Å²) in [7, 11) is 0. The number of amides is 1. The van der Waals surface area contributed by atoms with Gasteiger partial charge in [-0.25, -0.2) is 0 Å². The second kappa shape index (κ2) is 7.61. The maximum Gasteiger partial charge on any atom is 0.266 e. The van der Waals surface area contributed by atoms with Crippen LogP contribution in [0.4, 0.5) is 5.69 Å². The predicted molar refractivity (Wildman–Crippen MR) is 120 cm³/mol. The van der Waals surface area contributed by atoms with Gasteiger partial charge in [0.2, 0.25) is 0 Å². The molecule has 0 unspecified atom stereocenters. The summed E-state index contributed by atoms with van der Waals surface area (Å²) in [6.07, 6.45) is 1.70. The SMILES string of the molecule is Cc1ccc(NC(=O)C(C#N)=Cc2c3ccccc3cc3ccccc23)cc1C. The van der Waals surface area contributed by atoms with Crippen molar-refractivity contribution in [2.24, 2.45) is 0 Å². The first-order chi connectivity index (χ1) is 14.1. The lowest BCUT2D eigenvalue weighted by Gasteiger charge is -2.10. The zero-order chi connectivity index (χ0) is 20.4. The Bertz CT molecular complexity index is 1270. The highest BCUT2D eigenvalue weighted by atomic mass is 16.1. The Morgan fingerprint density at radius 1 is 0.862 bits per heavy atom. The molecule has 0 fully saturated rings. The van der Waals surface area contributed by atoms with Crippen LogP contribution in [0.15, 0.2) is 78.4 Å². The smallest absolute Gasteiger partial charge is 0.266 e. The molecular formula is C26H20N2O. The van der Waals surface area contributed by atoms with E-state index in [-0.39, 0.29) is 5.57 Å². The number of nitrogens with one attached hydrogen (secondary N) is 1. The van der Waals surface area contributed by atoms with Crippen LogP contribution < -0.4 is 5.32 Å². The van der Waals surface area contributed by atoms with Crippen molar-refractivity contribution in [2.75, 3.05) is 5.32 Å². The molecule has 4 aromatic rings. The molecule has 1 amide bonds. The number of nitrogens with zero attached hydrogens (tertiary/aromatic N) is 1. The van der Waals surface area contributed by atoms with Gasteiger partial charge in [0.1, 0.15) is 11.6 Å². The third kappa shape index (κ3) is 3.61. The van der Waals surface area contributed by atoms with E-state index in [1.54, 1.807) is 6.08 Å². The Kier molecular flexibility index (Phi) is 4.85. The molecule has 0 bridgehead atoms. The van der Waals surface area contributed by atoms with Crippen LogP contribution in [0.2, 0.25) is 0 Å². The van der Waals surface area contributed by atoms with E-state index < -0.39 is 5.91 Å². The van der Waals surface area contributed by atoms with Crippen LogP contribution in [0.25, 0.3) is 27.6 Å². The Morgan fingerprint density at radius 3 is 2.07 bits per heavy atom. The highest BCUT2D eigenvalue weighted by molar-refractivity contribution is 6.14. The summed E-state index contributed by atoms with van der Waals surface area (Å²) < 4.78 is 0. The maximum atomic E-state index is 12.8. The van der Waals surface area contributed by atoms with Gasteiger partial charge in [-0.15, -0.1) is 0 Å². The number of carbonyl (C=O) groups excluding carboxylic acids is 1. The standard InChI is InChI=1S/C26H20N2O/c1-17-11-12-22(13-18(17)2)28-26(29)21(16-27)15-25-23-9-5-3-7-19(23)14-20-8-4-6-10-24(20)25/h3-15H,1-2H3,(H,28,29). The molecule has 0 saturated carbocycles. The molecule has 0 aliphatic heterocycles. The van der Waals surface area contributed by atoms with Crippen LogP contribution in [0.5, 0.6) is 0 Å². The van der Waals surface area contributed by atoms with E-state index in [0.717, 1.165) is 38.2 Å². The minimum atomic E-state index is -0.409. The molecule has 4 aromatic carbocycles. The predicted octanol–water partition coefficient (Wildman–Crippen LogP) is 6.16. The molecule has 0 aromatic heterocycles. The zero-order valence-electron chi connectivity index (χ0n) is 16.4. The molecule has 1 N–H and O–H groups in total.